The monoisotopic (exact) mass is 240 g/mol. The molecule has 1 aromatic carbocycles. The summed E-state index contributed by atoms with van der Waals surface area (Å²) in [6, 6.07) is 5.92. The van der Waals surface area contributed by atoms with Crippen molar-refractivity contribution in [2.24, 2.45) is 0 Å². The third-order valence-electron chi connectivity index (χ3n) is 2.40. The predicted molar refractivity (Wildman–Crippen MR) is 68.0 cm³/mol. The van der Waals surface area contributed by atoms with Gasteiger partial charge in [0.2, 0.25) is 5.91 Å². The molecule has 16 heavy (non-hydrogen) atoms. The van der Waals surface area contributed by atoms with Crippen LogP contribution in [0.25, 0.3) is 0 Å². The van der Waals surface area contributed by atoms with E-state index in [4.69, 9.17) is 11.6 Å². The minimum atomic E-state index is -0.0828. The fourth-order valence-corrected chi connectivity index (χ4v) is 1.64. The first kappa shape index (κ1) is 13.0. The fourth-order valence-electron chi connectivity index (χ4n) is 1.46. The van der Waals surface area contributed by atoms with Crippen LogP contribution in [0, 0.1) is 0 Å². The first-order valence-corrected chi connectivity index (χ1v) is 5.64. The molecule has 0 heterocycles. The molecular weight excluding hydrogens is 224 g/mol. The summed E-state index contributed by atoms with van der Waals surface area (Å²) in [5, 5.41) is 6.58. The van der Waals surface area contributed by atoms with E-state index < -0.39 is 0 Å². The Hall–Kier alpha value is -1.06. The Morgan fingerprint density at radius 2 is 2.19 bits per heavy atom. The number of benzene rings is 1. The van der Waals surface area contributed by atoms with Crippen molar-refractivity contribution >= 4 is 23.2 Å². The van der Waals surface area contributed by atoms with Crippen LogP contribution in [0.3, 0.4) is 0 Å². The van der Waals surface area contributed by atoms with E-state index in [0.29, 0.717) is 11.1 Å². The molecule has 0 bridgehead atoms. The fraction of sp³-hybridized carbons (Fsp3) is 0.417. The minimum absolute atomic E-state index is 0.0828. The smallest absolute Gasteiger partial charge is 0.221 e. The molecule has 1 unspecified atom stereocenters. The normalized spacial score (nSPS) is 12.2. The van der Waals surface area contributed by atoms with Gasteiger partial charge in [-0.2, -0.15) is 0 Å². The summed E-state index contributed by atoms with van der Waals surface area (Å²) >= 11 is 5.90. The lowest BCUT2D eigenvalue weighted by Crippen LogP contribution is -2.24. The molecule has 1 aromatic rings. The Labute approximate surface area is 101 Å². The molecule has 0 saturated carbocycles. The van der Waals surface area contributed by atoms with Crippen LogP contribution in [0.2, 0.25) is 5.02 Å². The Bertz CT molecular complexity index is 379. The molecule has 88 valence electrons. The highest BCUT2D eigenvalue weighted by atomic mass is 35.5. The van der Waals surface area contributed by atoms with Crippen molar-refractivity contribution in [2.75, 3.05) is 12.4 Å². The number of amides is 1. The predicted octanol–water partition coefficient (Wildman–Crippen LogP) is 2.45. The van der Waals surface area contributed by atoms with Crippen molar-refractivity contribution in [1.29, 1.82) is 0 Å². The summed E-state index contributed by atoms with van der Waals surface area (Å²) in [5.74, 6) is -0.0828. The number of hydrogen-bond donors (Lipinski definition) is 2. The maximum absolute atomic E-state index is 11.1. The number of likely N-dealkylation sites (N-methyl/N-ethyl adjacent to an activating group) is 1. The lowest BCUT2D eigenvalue weighted by molar-refractivity contribution is -0.114. The highest BCUT2D eigenvalue weighted by Gasteiger charge is 2.08. The van der Waals surface area contributed by atoms with Gasteiger partial charge >= 0.3 is 0 Å². The van der Waals surface area contributed by atoms with Crippen LogP contribution in [0.1, 0.15) is 19.4 Å². The van der Waals surface area contributed by atoms with Gasteiger partial charge in [0, 0.05) is 23.7 Å². The van der Waals surface area contributed by atoms with Gasteiger partial charge in [-0.15, -0.1) is 0 Å². The Morgan fingerprint density at radius 1 is 1.50 bits per heavy atom. The number of nitrogens with one attached hydrogen (secondary N) is 2. The van der Waals surface area contributed by atoms with Crippen LogP contribution in [-0.4, -0.2) is 19.0 Å². The molecule has 1 atom stereocenters. The van der Waals surface area contributed by atoms with E-state index in [0.717, 1.165) is 17.7 Å². The molecule has 0 radical (unpaired) electrons. The van der Waals surface area contributed by atoms with Crippen LogP contribution in [-0.2, 0) is 11.2 Å². The maximum atomic E-state index is 11.1. The summed E-state index contributed by atoms with van der Waals surface area (Å²) in [7, 11) is 1.92. The molecular formula is C12H17ClN2O. The lowest BCUT2D eigenvalue weighted by atomic mass is 10.1. The number of hydrogen-bond acceptors (Lipinski definition) is 2. The quantitative estimate of drug-likeness (QED) is 0.849. The van der Waals surface area contributed by atoms with Gasteiger partial charge in [-0.1, -0.05) is 17.7 Å². The van der Waals surface area contributed by atoms with Gasteiger partial charge in [0.15, 0.2) is 0 Å². The van der Waals surface area contributed by atoms with Crippen LogP contribution in [0.4, 0.5) is 5.69 Å². The Kier molecular flexibility index (Phi) is 4.77. The summed E-state index contributed by atoms with van der Waals surface area (Å²) in [6.07, 6.45) is 0.850. The van der Waals surface area contributed by atoms with E-state index >= 15 is 0 Å². The van der Waals surface area contributed by atoms with Crippen LogP contribution >= 0.6 is 11.6 Å². The number of halogens is 1. The average molecular weight is 241 g/mol. The second-order valence-corrected chi connectivity index (χ2v) is 4.31. The molecule has 4 heteroatoms. The molecule has 0 fully saturated rings. The Morgan fingerprint density at radius 3 is 2.75 bits per heavy atom. The van der Waals surface area contributed by atoms with Crippen molar-refractivity contribution in [3.8, 4) is 0 Å². The minimum Gasteiger partial charge on any atom is -0.326 e. The van der Waals surface area contributed by atoms with Gasteiger partial charge in [-0.3, -0.25) is 4.79 Å². The van der Waals surface area contributed by atoms with Crippen molar-refractivity contribution in [2.45, 2.75) is 26.3 Å². The molecule has 0 saturated heterocycles. The molecule has 0 spiro atoms. The molecule has 0 aromatic heterocycles. The van der Waals surface area contributed by atoms with E-state index in [1.807, 2.05) is 19.2 Å². The molecule has 1 amide bonds. The third-order valence-corrected chi connectivity index (χ3v) is 2.64. The summed E-state index contributed by atoms with van der Waals surface area (Å²) in [5.41, 5.74) is 1.88. The van der Waals surface area contributed by atoms with Gasteiger partial charge < -0.3 is 10.6 Å². The molecule has 2 N–H and O–H groups in total. The highest BCUT2D eigenvalue weighted by Crippen LogP contribution is 2.22. The molecule has 0 aliphatic carbocycles. The number of rotatable bonds is 4. The second kappa shape index (κ2) is 5.87. The highest BCUT2D eigenvalue weighted by molar-refractivity contribution is 6.31. The maximum Gasteiger partial charge on any atom is 0.221 e. The summed E-state index contributed by atoms with van der Waals surface area (Å²) in [6.45, 7) is 3.58. The number of carbonyl (C=O) groups excluding carboxylic acids is 1. The van der Waals surface area contributed by atoms with Gasteiger partial charge in [0.1, 0.15) is 0 Å². The zero-order chi connectivity index (χ0) is 12.1. The van der Waals surface area contributed by atoms with Gasteiger partial charge in [-0.05, 0) is 38.1 Å². The second-order valence-electron chi connectivity index (χ2n) is 3.88. The number of carbonyl (C=O) groups is 1. The van der Waals surface area contributed by atoms with Gasteiger partial charge in [0.25, 0.3) is 0 Å². The van der Waals surface area contributed by atoms with Crippen LogP contribution in [0.15, 0.2) is 18.2 Å². The van der Waals surface area contributed by atoms with Crippen molar-refractivity contribution in [3.05, 3.63) is 28.8 Å². The standard InChI is InChI=1S/C12H17ClN2O/c1-8(14-3)6-10-4-5-11(13)7-12(10)15-9(2)16/h4-5,7-8,14H,6H2,1-3H3,(H,15,16). The summed E-state index contributed by atoms with van der Waals surface area (Å²) in [4.78, 5) is 11.1. The van der Waals surface area contributed by atoms with Crippen molar-refractivity contribution in [1.82, 2.24) is 5.32 Å². The van der Waals surface area contributed by atoms with E-state index in [-0.39, 0.29) is 5.91 Å². The van der Waals surface area contributed by atoms with Crippen molar-refractivity contribution in [3.63, 3.8) is 0 Å². The zero-order valence-corrected chi connectivity index (χ0v) is 10.6. The van der Waals surface area contributed by atoms with Crippen molar-refractivity contribution < 1.29 is 4.79 Å². The summed E-state index contributed by atoms with van der Waals surface area (Å²) < 4.78 is 0. The third kappa shape index (κ3) is 3.83. The lowest BCUT2D eigenvalue weighted by Gasteiger charge is -2.14. The van der Waals surface area contributed by atoms with Crippen LogP contribution in [0.5, 0.6) is 0 Å². The van der Waals surface area contributed by atoms with E-state index in [9.17, 15) is 4.79 Å². The van der Waals surface area contributed by atoms with E-state index in [1.54, 1.807) is 6.07 Å². The van der Waals surface area contributed by atoms with Gasteiger partial charge in [-0.25, -0.2) is 0 Å². The topological polar surface area (TPSA) is 41.1 Å². The Balaban J connectivity index is 2.93. The van der Waals surface area contributed by atoms with E-state index in [2.05, 4.69) is 17.6 Å². The van der Waals surface area contributed by atoms with Gasteiger partial charge in [0.05, 0.1) is 0 Å². The zero-order valence-electron chi connectivity index (χ0n) is 9.80. The molecule has 0 aliphatic heterocycles. The van der Waals surface area contributed by atoms with Crippen LogP contribution < -0.4 is 10.6 Å². The SMILES string of the molecule is CNC(C)Cc1ccc(Cl)cc1NC(C)=O. The first-order chi connectivity index (χ1) is 7.52. The largest absolute Gasteiger partial charge is 0.326 e. The first-order valence-electron chi connectivity index (χ1n) is 5.26. The molecule has 1 rings (SSSR count). The van der Waals surface area contributed by atoms with E-state index in [1.165, 1.54) is 6.92 Å². The number of anilines is 1. The molecule has 0 aliphatic rings. The molecule has 3 nitrogen and oxygen atoms in total. The average Bonchev–Trinajstić information content (AvgIpc) is 2.21.